The van der Waals surface area contributed by atoms with Crippen LogP contribution in [0.3, 0.4) is 0 Å². The van der Waals surface area contributed by atoms with Crippen LogP contribution in [-0.2, 0) is 22.8 Å². The molecule has 0 radical (unpaired) electrons. The summed E-state index contributed by atoms with van der Waals surface area (Å²) in [4.78, 5) is 28.0. The summed E-state index contributed by atoms with van der Waals surface area (Å²) in [6.07, 6.45) is 1.77. The molecule has 2 N–H and O–H groups in total. The van der Waals surface area contributed by atoms with Crippen molar-refractivity contribution in [1.29, 1.82) is 0 Å². The highest BCUT2D eigenvalue weighted by Crippen LogP contribution is 2.47. The van der Waals surface area contributed by atoms with Crippen molar-refractivity contribution in [1.82, 2.24) is 10.2 Å². The van der Waals surface area contributed by atoms with Crippen LogP contribution in [0.2, 0.25) is 5.02 Å². The number of fused-ring (bicyclic) bond motifs is 1. The van der Waals surface area contributed by atoms with Crippen molar-refractivity contribution < 1.29 is 23.1 Å². The number of sulfone groups is 1. The third-order valence-corrected chi connectivity index (χ3v) is 10.9. The van der Waals surface area contributed by atoms with Gasteiger partial charge in [-0.2, -0.15) is 0 Å². The van der Waals surface area contributed by atoms with Gasteiger partial charge >= 0.3 is 0 Å². The molecule has 1 saturated carbocycles. The van der Waals surface area contributed by atoms with Crippen LogP contribution in [0.15, 0.2) is 29.6 Å². The van der Waals surface area contributed by atoms with Gasteiger partial charge in [-0.1, -0.05) is 23.7 Å². The number of aliphatic hydroxyl groups excluding tert-OH is 1. The standard InChI is InChI=1S/C23H27ClN2O5S2/c1-15(7-11-27)33(30,31)23(8-9-23)14-26-10-6-18-19(13-32-20(18)22(26)29)21(28)25-12-16-2-4-17(24)5-3-16/h2-5,13,15,27H,6-12,14H2,1H3,(H,25,28)/t15-/m0/s1. The zero-order chi connectivity index (χ0) is 23.8. The number of benzene rings is 1. The van der Waals surface area contributed by atoms with Crippen LogP contribution >= 0.6 is 22.9 Å². The van der Waals surface area contributed by atoms with Crippen molar-refractivity contribution in [3.05, 3.63) is 56.2 Å². The number of hydrogen-bond acceptors (Lipinski definition) is 6. The fourth-order valence-electron chi connectivity index (χ4n) is 4.31. The minimum Gasteiger partial charge on any atom is -0.396 e. The minimum absolute atomic E-state index is 0.166. The Balaban J connectivity index is 1.44. The van der Waals surface area contributed by atoms with Crippen molar-refractivity contribution in [2.75, 3.05) is 19.7 Å². The summed E-state index contributed by atoms with van der Waals surface area (Å²) in [6, 6.07) is 7.22. The summed E-state index contributed by atoms with van der Waals surface area (Å²) in [7, 11) is -3.46. The second-order valence-corrected chi connectivity index (χ2v) is 12.9. The SMILES string of the molecule is C[C@@H](CCO)S(=O)(=O)C1(CN2CCc3c(C(=O)NCc4ccc(Cl)cc4)csc3C2=O)CC1. The molecular weight excluding hydrogens is 484 g/mol. The van der Waals surface area contributed by atoms with E-state index < -0.39 is 19.8 Å². The predicted octanol–water partition coefficient (Wildman–Crippen LogP) is 3.05. The Morgan fingerprint density at radius 3 is 2.64 bits per heavy atom. The molecule has 1 fully saturated rings. The molecule has 7 nitrogen and oxygen atoms in total. The molecule has 2 amide bonds. The zero-order valence-electron chi connectivity index (χ0n) is 18.3. The van der Waals surface area contributed by atoms with Crippen molar-refractivity contribution in [2.45, 2.75) is 49.1 Å². The first-order valence-corrected chi connectivity index (χ1v) is 13.8. The Hall–Kier alpha value is -1.94. The summed E-state index contributed by atoms with van der Waals surface area (Å²) in [5.41, 5.74) is 2.16. The molecule has 1 atom stereocenters. The van der Waals surface area contributed by atoms with Crippen molar-refractivity contribution in [2.24, 2.45) is 0 Å². The Labute approximate surface area is 202 Å². The molecule has 10 heteroatoms. The number of rotatable bonds is 9. The van der Waals surface area contributed by atoms with E-state index >= 15 is 0 Å². The van der Waals surface area contributed by atoms with E-state index in [0.717, 1.165) is 11.1 Å². The molecule has 2 heterocycles. The van der Waals surface area contributed by atoms with Crippen LogP contribution in [0.1, 0.15) is 57.3 Å². The van der Waals surface area contributed by atoms with Gasteiger partial charge in [0.05, 0.1) is 20.4 Å². The van der Waals surface area contributed by atoms with E-state index in [4.69, 9.17) is 16.7 Å². The van der Waals surface area contributed by atoms with Crippen molar-refractivity contribution in [3.63, 3.8) is 0 Å². The third kappa shape index (κ3) is 4.69. The molecule has 1 aromatic heterocycles. The van der Waals surface area contributed by atoms with Crippen LogP contribution in [0.4, 0.5) is 0 Å². The van der Waals surface area contributed by atoms with E-state index in [1.54, 1.807) is 29.3 Å². The monoisotopic (exact) mass is 510 g/mol. The number of hydrogen-bond donors (Lipinski definition) is 2. The number of halogens is 1. The quantitative estimate of drug-likeness (QED) is 0.539. The minimum atomic E-state index is -3.46. The Morgan fingerprint density at radius 1 is 1.30 bits per heavy atom. The van der Waals surface area contributed by atoms with Gasteiger partial charge in [-0.15, -0.1) is 11.3 Å². The summed E-state index contributed by atoms with van der Waals surface area (Å²) >= 11 is 7.13. The third-order valence-electron chi connectivity index (χ3n) is 6.57. The van der Waals surface area contributed by atoms with E-state index in [9.17, 15) is 18.0 Å². The largest absolute Gasteiger partial charge is 0.396 e. The normalized spacial score (nSPS) is 18.0. The fraction of sp³-hybridized carbons (Fsp3) is 0.478. The molecule has 2 aliphatic rings. The average molecular weight is 511 g/mol. The van der Waals surface area contributed by atoms with E-state index in [-0.39, 0.29) is 31.4 Å². The summed E-state index contributed by atoms with van der Waals surface area (Å²) in [5, 5.41) is 13.7. The van der Waals surface area contributed by atoms with Gasteiger partial charge in [0.15, 0.2) is 9.84 Å². The lowest BCUT2D eigenvalue weighted by Crippen LogP contribution is -2.47. The molecule has 1 aliphatic heterocycles. The number of carbonyl (C=O) groups is 2. The topological polar surface area (TPSA) is 104 Å². The molecule has 0 spiro atoms. The second-order valence-electron chi connectivity index (χ2n) is 8.79. The Bertz CT molecular complexity index is 1160. The fourth-order valence-corrected chi connectivity index (χ4v) is 7.78. The summed E-state index contributed by atoms with van der Waals surface area (Å²) in [5.74, 6) is -0.447. The molecule has 178 valence electrons. The predicted molar refractivity (Wildman–Crippen MR) is 129 cm³/mol. The number of thiophene rings is 1. The van der Waals surface area contributed by atoms with Crippen LogP contribution < -0.4 is 5.32 Å². The highest BCUT2D eigenvalue weighted by atomic mass is 35.5. The maximum Gasteiger partial charge on any atom is 0.264 e. The van der Waals surface area contributed by atoms with E-state index in [0.29, 0.717) is 47.8 Å². The van der Waals surface area contributed by atoms with Crippen molar-refractivity contribution >= 4 is 44.6 Å². The lowest BCUT2D eigenvalue weighted by molar-refractivity contribution is 0.0741. The highest BCUT2D eigenvalue weighted by Gasteiger charge is 2.57. The molecule has 33 heavy (non-hydrogen) atoms. The van der Waals surface area contributed by atoms with Crippen LogP contribution in [0.25, 0.3) is 0 Å². The molecule has 4 rings (SSSR count). The van der Waals surface area contributed by atoms with Gasteiger partial charge in [0.25, 0.3) is 11.8 Å². The van der Waals surface area contributed by atoms with E-state index in [1.807, 2.05) is 12.1 Å². The molecule has 1 aliphatic carbocycles. The number of aliphatic hydroxyl groups is 1. The second kappa shape index (κ2) is 9.37. The summed E-state index contributed by atoms with van der Waals surface area (Å²) in [6.45, 7) is 2.34. The zero-order valence-corrected chi connectivity index (χ0v) is 20.7. The van der Waals surface area contributed by atoms with Gasteiger partial charge in [-0.3, -0.25) is 9.59 Å². The van der Waals surface area contributed by atoms with Gasteiger partial charge in [0.2, 0.25) is 0 Å². The average Bonchev–Trinajstić information content (AvgIpc) is 3.46. The maximum absolute atomic E-state index is 13.1. The van der Waals surface area contributed by atoms with Gasteiger partial charge < -0.3 is 15.3 Å². The molecular formula is C23H27ClN2O5S2. The molecule has 0 saturated heterocycles. The smallest absolute Gasteiger partial charge is 0.264 e. The van der Waals surface area contributed by atoms with Gasteiger partial charge in [-0.25, -0.2) is 8.42 Å². The first-order valence-electron chi connectivity index (χ1n) is 10.9. The highest BCUT2D eigenvalue weighted by molar-refractivity contribution is 7.93. The van der Waals surface area contributed by atoms with E-state index in [1.165, 1.54) is 11.3 Å². The molecule has 0 bridgehead atoms. The lowest BCUT2D eigenvalue weighted by Gasteiger charge is -2.32. The van der Waals surface area contributed by atoms with Crippen molar-refractivity contribution in [3.8, 4) is 0 Å². The van der Waals surface area contributed by atoms with Crippen LogP contribution in [0, 0.1) is 0 Å². The number of nitrogens with zero attached hydrogens (tertiary/aromatic N) is 1. The lowest BCUT2D eigenvalue weighted by atomic mass is 10.0. The van der Waals surface area contributed by atoms with E-state index in [2.05, 4.69) is 5.32 Å². The number of nitrogens with one attached hydrogen (secondary N) is 1. The first kappa shape index (κ1) is 24.2. The molecule has 0 unspecified atom stereocenters. The first-order chi connectivity index (χ1) is 15.7. The molecule has 1 aromatic carbocycles. The maximum atomic E-state index is 13.1. The van der Waals surface area contributed by atoms with Gasteiger partial charge in [-0.05, 0) is 55.9 Å². The molecule has 2 aromatic rings. The van der Waals surface area contributed by atoms with Gasteiger partial charge in [0.1, 0.15) is 0 Å². The van der Waals surface area contributed by atoms with Crippen LogP contribution in [0.5, 0.6) is 0 Å². The Morgan fingerprint density at radius 2 is 2.00 bits per heavy atom. The van der Waals surface area contributed by atoms with Gasteiger partial charge in [0, 0.05) is 36.6 Å². The summed E-state index contributed by atoms with van der Waals surface area (Å²) < 4.78 is 25.1. The number of carbonyl (C=O) groups excluding carboxylic acids is 2. The van der Waals surface area contributed by atoms with Crippen LogP contribution in [-0.4, -0.2) is 59.9 Å². The Kier molecular flexibility index (Phi) is 6.87. The number of amides is 2.